The van der Waals surface area contributed by atoms with Gasteiger partial charge in [-0.3, -0.25) is 4.79 Å². The molecule has 0 atom stereocenters. The van der Waals surface area contributed by atoms with Crippen molar-refractivity contribution >= 4 is 16.7 Å². The zero-order valence-electron chi connectivity index (χ0n) is 7.90. The maximum atomic E-state index is 11.1. The number of fused-ring (bicyclic) bond motifs is 1. The van der Waals surface area contributed by atoms with Crippen molar-refractivity contribution in [3.8, 4) is 5.75 Å². The fraction of sp³-hybridized carbons (Fsp3) is 0.200. The molecule has 2 rings (SSSR count). The number of aromatic nitrogens is 1. The molecule has 0 spiro atoms. The molecule has 0 radical (unpaired) electrons. The standard InChI is InChI=1S/C10H9NO3/c1-6(12)10-8-4-3-7(13-2)5-9(8)11-14-10/h3-5H,1-2H3. The van der Waals surface area contributed by atoms with Crippen molar-refractivity contribution in [1.29, 1.82) is 0 Å². The molecule has 1 heterocycles. The van der Waals surface area contributed by atoms with Crippen LogP contribution in [0.1, 0.15) is 17.5 Å². The zero-order valence-corrected chi connectivity index (χ0v) is 7.90. The predicted molar refractivity (Wildman–Crippen MR) is 50.6 cm³/mol. The van der Waals surface area contributed by atoms with E-state index in [-0.39, 0.29) is 5.78 Å². The Morgan fingerprint density at radius 1 is 1.50 bits per heavy atom. The summed E-state index contributed by atoms with van der Waals surface area (Å²) in [7, 11) is 1.58. The summed E-state index contributed by atoms with van der Waals surface area (Å²) in [5.74, 6) is 0.862. The van der Waals surface area contributed by atoms with Crippen molar-refractivity contribution in [2.75, 3.05) is 7.11 Å². The third-order valence-corrected chi connectivity index (χ3v) is 2.00. The number of ether oxygens (including phenoxy) is 1. The highest BCUT2D eigenvalue weighted by atomic mass is 16.5. The van der Waals surface area contributed by atoms with Gasteiger partial charge in [0.05, 0.1) is 12.5 Å². The predicted octanol–water partition coefficient (Wildman–Crippen LogP) is 2.04. The van der Waals surface area contributed by atoms with Crippen LogP contribution in [-0.4, -0.2) is 18.0 Å². The second kappa shape index (κ2) is 3.14. The lowest BCUT2D eigenvalue weighted by atomic mass is 10.2. The summed E-state index contributed by atoms with van der Waals surface area (Å²) in [6.07, 6.45) is 0. The van der Waals surface area contributed by atoms with Gasteiger partial charge in [-0.2, -0.15) is 0 Å². The van der Waals surface area contributed by atoms with Crippen LogP contribution < -0.4 is 4.74 Å². The highest BCUT2D eigenvalue weighted by Gasteiger charge is 2.12. The summed E-state index contributed by atoms with van der Waals surface area (Å²) in [5.41, 5.74) is 0.634. The Labute approximate surface area is 80.4 Å². The minimum Gasteiger partial charge on any atom is -0.497 e. The molecule has 4 heteroatoms. The molecule has 4 nitrogen and oxygen atoms in total. The number of rotatable bonds is 2. The summed E-state index contributed by atoms with van der Waals surface area (Å²) in [6, 6.07) is 5.26. The number of hydrogen-bond acceptors (Lipinski definition) is 4. The van der Waals surface area contributed by atoms with Crippen molar-refractivity contribution in [2.24, 2.45) is 0 Å². The Bertz CT molecular complexity index is 487. The average Bonchev–Trinajstić information content (AvgIpc) is 2.59. The summed E-state index contributed by atoms with van der Waals surface area (Å²) in [4.78, 5) is 11.1. The molecule has 1 aromatic carbocycles. The molecule has 0 amide bonds. The normalized spacial score (nSPS) is 10.4. The van der Waals surface area contributed by atoms with E-state index in [1.165, 1.54) is 6.92 Å². The van der Waals surface area contributed by atoms with Crippen LogP contribution in [0.2, 0.25) is 0 Å². The monoisotopic (exact) mass is 191 g/mol. The number of benzene rings is 1. The molecule has 14 heavy (non-hydrogen) atoms. The largest absolute Gasteiger partial charge is 0.497 e. The molecular formula is C10H9NO3. The summed E-state index contributed by atoms with van der Waals surface area (Å²) < 4.78 is 9.95. The van der Waals surface area contributed by atoms with Gasteiger partial charge >= 0.3 is 0 Å². The van der Waals surface area contributed by atoms with Crippen molar-refractivity contribution in [1.82, 2.24) is 5.16 Å². The van der Waals surface area contributed by atoms with Crippen LogP contribution in [-0.2, 0) is 0 Å². The van der Waals surface area contributed by atoms with E-state index in [0.717, 1.165) is 5.39 Å². The van der Waals surface area contributed by atoms with Gasteiger partial charge in [-0.1, -0.05) is 5.16 Å². The second-order valence-corrected chi connectivity index (χ2v) is 2.95. The molecule has 0 unspecified atom stereocenters. The van der Waals surface area contributed by atoms with Gasteiger partial charge in [0.1, 0.15) is 11.3 Å². The lowest BCUT2D eigenvalue weighted by Crippen LogP contribution is -1.88. The first-order chi connectivity index (χ1) is 6.72. The first kappa shape index (κ1) is 8.74. The second-order valence-electron chi connectivity index (χ2n) is 2.95. The lowest BCUT2D eigenvalue weighted by Gasteiger charge is -1.96. The molecule has 0 N–H and O–H groups in total. The van der Waals surface area contributed by atoms with Gasteiger partial charge in [-0.05, 0) is 12.1 Å². The van der Waals surface area contributed by atoms with E-state index in [2.05, 4.69) is 5.16 Å². The fourth-order valence-electron chi connectivity index (χ4n) is 1.30. The van der Waals surface area contributed by atoms with E-state index in [1.54, 1.807) is 25.3 Å². The number of methoxy groups -OCH3 is 1. The average molecular weight is 191 g/mol. The quantitative estimate of drug-likeness (QED) is 0.681. The maximum absolute atomic E-state index is 11.1. The van der Waals surface area contributed by atoms with E-state index >= 15 is 0 Å². The minimum absolute atomic E-state index is 0.127. The first-order valence-corrected chi connectivity index (χ1v) is 4.16. The van der Waals surface area contributed by atoms with E-state index < -0.39 is 0 Å². The zero-order chi connectivity index (χ0) is 10.1. The van der Waals surface area contributed by atoms with E-state index in [9.17, 15) is 4.79 Å². The van der Waals surface area contributed by atoms with Gasteiger partial charge in [0.2, 0.25) is 5.76 Å². The Morgan fingerprint density at radius 3 is 2.93 bits per heavy atom. The topological polar surface area (TPSA) is 52.3 Å². The summed E-state index contributed by atoms with van der Waals surface area (Å²) in [5, 5.41) is 4.49. The van der Waals surface area contributed by atoms with Crippen LogP contribution >= 0.6 is 0 Å². The highest BCUT2D eigenvalue weighted by molar-refractivity contribution is 6.03. The number of carbonyl (C=O) groups excluding carboxylic acids is 1. The minimum atomic E-state index is -0.127. The molecule has 1 aromatic heterocycles. The van der Waals surface area contributed by atoms with Crippen LogP contribution in [0.25, 0.3) is 10.9 Å². The molecule has 0 saturated carbocycles. The molecular weight excluding hydrogens is 182 g/mol. The van der Waals surface area contributed by atoms with Crippen molar-refractivity contribution in [3.05, 3.63) is 24.0 Å². The van der Waals surface area contributed by atoms with Crippen molar-refractivity contribution in [3.63, 3.8) is 0 Å². The number of nitrogens with zero attached hydrogens (tertiary/aromatic N) is 1. The Kier molecular flexibility index (Phi) is 1.96. The van der Waals surface area contributed by atoms with E-state index in [1.807, 2.05) is 0 Å². The molecule has 72 valence electrons. The van der Waals surface area contributed by atoms with Crippen LogP contribution in [0.15, 0.2) is 22.7 Å². The van der Waals surface area contributed by atoms with Gasteiger partial charge in [0.15, 0.2) is 5.78 Å². The van der Waals surface area contributed by atoms with Crippen LogP contribution in [0.3, 0.4) is 0 Å². The highest BCUT2D eigenvalue weighted by Crippen LogP contribution is 2.23. The van der Waals surface area contributed by atoms with E-state index in [4.69, 9.17) is 9.26 Å². The number of hydrogen-bond donors (Lipinski definition) is 0. The van der Waals surface area contributed by atoms with E-state index in [0.29, 0.717) is 17.0 Å². The molecule has 0 bridgehead atoms. The SMILES string of the molecule is COc1ccc2c(C(C)=O)onc2c1. The van der Waals surface area contributed by atoms with Gasteiger partial charge in [0.25, 0.3) is 0 Å². The fourth-order valence-corrected chi connectivity index (χ4v) is 1.30. The van der Waals surface area contributed by atoms with Crippen LogP contribution in [0, 0.1) is 0 Å². The number of Topliss-reactive ketones (excluding diaryl/α,β-unsaturated/α-hetero) is 1. The van der Waals surface area contributed by atoms with Gasteiger partial charge in [0, 0.05) is 13.0 Å². The Balaban J connectivity index is 2.65. The number of carbonyl (C=O) groups is 1. The molecule has 0 aliphatic rings. The Hall–Kier alpha value is -1.84. The van der Waals surface area contributed by atoms with Crippen LogP contribution in [0.4, 0.5) is 0 Å². The molecule has 0 aliphatic carbocycles. The summed E-state index contributed by atoms with van der Waals surface area (Å²) in [6.45, 7) is 1.45. The molecule has 0 fully saturated rings. The third-order valence-electron chi connectivity index (χ3n) is 2.00. The molecule has 0 saturated heterocycles. The van der Waals surface area contributed by atoms with Gasteiger partial charge < -0.3 is 9.26 Å². The lowest BCUT2D eigenvalue weighted by molar-refractivity contribution is 0.0981. The van der Waals surface area contributed by atoms with Crippen molar-refractivity contribution < 1.29 is 14.1 Å². The van der Waals surface area contributed by atoms with Crippen LogP contribution in [0.5, 0.6) is 5.75 Å². The van der Waals surface area contributed by atoms with Gasteiger partial charge in [-0.15, -0.1) is 0 Å². The molecule has 2 aromatic rings. The van der Waals surface area contributed by atoms with Crippen molar-refractivity contribution in [2.45, 2.75) is 6.92 Å². The molecule has 0 aliphatic heterocycles. The first-order valence-electron chi connectivity index (χ1n) is 4.16. The number of ketones is 1. The van der Waals surface area contributed by atoms with Gasteiger partial charge in [-0.25, -0.2) is 0 Å². The smallest absolute Gasteiger partial charge is 0.209 e. The Morgan fingerprint density at radius 2 is 2.29 bits per heavy atom. The summed E-state index contributed by atoms with van der Waals surface area (Å²) >= 11 is 0. The third kappa shape index (κ3) is 1.25. The maximum Gasteiger partial charge on any atom is 0.209 e.